The van der Waals surface area contributed by atoms with E-state index in [2.05, 4.69) is 32.2 Å². The monoisotopic (exact) mass is 440 g/mol. The summed E-state index contributed by atoms with van der Waals surface area (Å²) in [5.74, 6) is 4.38. The summed E-state index contributed by atoms with van der Waals surface area (Å²) in [4.78, 5) is 27.2. The molecule has 4 heteroatoms. The van der Waals surface area contributed by atoms with E-state index in [4.69, 9.17) is 0 Å². The highest BCUT2D eigenvalue weighted by Gasteiger charge is 2.60. The van der Waals surface area contributed by atoms with E-state index in [1.807, 2.05) is 18.0 Å². The van der Waals surface area contributed by atoms with Gasteiger partial charge in [-0.25, -0.2) is 0 Å². The van der Waals surface area contributed by atoms with Crippen molar-refractivity contribution in [3.63, 3.8) is 0 Å². The van der Waals surface area contributed by atoms with Crippen LogP contribution in [0.25, 0.3) is 0 Å². The molecule has 1 aliphatic heterocycles. The van der Waals surface area contributed by atoms with Crippen LogP contribution in [-0.2, 0) is 9.59 Å². The van der Waals surface area contributed by atoms with Crippen LogP contribution in [0.1, 0.15) is 85.0 Å². The van der Waals surface area contributed by atoms with Crippen molar-refractivity contribution in [2.45, 2.75) is 91.0 Å². The number of hydrogen-bond acceptors (Lipinski definition) is 2. The predicted molar refractivity (Wildman–Crippen MR) is 128 cm³/mol. The minimum Gasteiger partial charge on any atom is -0.356 e. The van der Waals surface area contributed by atoms with Crippen molar-refractivity contribution < 1.29 is 9.59 Å². The summed E-state index contributed by atoms with van der Waals surface area (Å²) in [5.41, 5.74) is 0.482. The summed E-state index contributed by atoms with van der Waals surface area (Å²) < 4.78 is 0. The molecule has 0 bridgehead atoms. The Kier molecular flexibility index (Phi) is 5.73. The zero-order valence-corrected chi connectivity index (χ0v) is 20.7. The predicted octanol–water partition coefficient (Wildman–Crippen LogP) is 5.18. The number of rotatable bonds is 3. The van der Waals surface area contributed by atoms with E-state index < -0.39 is 0 Å². The minimum atomic E-state index is 0.122. The highest BCUT2D eigenvalue weighted by atomic mass is 16.2. The molecule has 5 aliphatic rings. The molecule has 4 nitrogen and oxygen atoms in total. The van der Waals surface area contributed by atoms with Gasteiger partial charge in [0.05, 0.1) is 0 Å². The highest BCUT2D eigenvalue weighted by Crippen LogP contribution is 2.65. The molecule has 0 spiro atoms. The van der Waals surface area contributed by atoms with Gasteiger partial charge >= 0.3 is 0 Å². The molecule has 0 saturated heterocycles. The Morgan fingerprint density at radius 2 is 1.78 bits per heavy atom. The number of hydrogen-bond donors (Lipinski definition) is 1. The lowest BCUT2D eigenvalue weighted by atomic mass is 9.47. The van der Waals surface area contributed by atoms with Crippen LogP contribution in [0.3, 0.4) is 0 Å². The Hall–Kier alpha value is -1.32. The number of nitrogens with one attached hydrogen (secondary N) is 1. The molecular formula is C28H44N2O2. The topological polar surface area (TPSA) is 49.4 Å². The van der Waals surface area contributed by atoms with E-state index in [-0.39, 0.29) is 17.2 Å². The average molecular weight is 441 g/mol. The van der Waals surface area contributed by atoms with Crippen LogP contribution in [0.4, 0.5) is 0 Å². The van der Waals surface area contributed by atoms with Crippen LogP contribution in [0.2, 0.25) is 0 Å². The molecule has 4 fully saturated rings. The second kappa shape index (κ2) is 8.17. The Morgan fingerprint density at radius 1 is 1.03 bits per heavy atom. The molecule has 2 amide bonds. The van der Waals surface area contributed by atoms with E-state index in [0.717, 1.165) is 43.6 Å². The fraction of sp³-hybridized carbons (Fsp3) is 0.857. The van der Waals surface area contributed by atoms with E-state index in [0.29, 0.717) is 29.2 Å². The molecule has 1 N–H and O–H groups in total. The summed E-state index contributed by atoms with van der Waals surface area (Å²) in [7, 11) is 2.00. The summed E-state index contributed by atoms with van der Waals surface area (Å²) in [6.07, 6.45) is 16.2. The molecule has 0 aromatic rings. The molecule has 178 valence electrons. The van der Waals surface area contributed by atoms with Crippen LogP contribution >= 0.6 is 0 Å². The van der Waals surface area contributed by atoms with Gasteiger partial charge in [-0.15, -0.1) is 0 Å². The number of carbonyl (C=O) groups is 2. The third kappa shape index (κ3) is 3.46. The zero-order valence-electron chi connectivity index (χ0n) is 20.7. The summed E-state index contributed by atoms with van der Waals surface area (Å²) in [6.45, 7) is 8.16. The number of carbonyl (C=O) groups excluding carboxylic acids is 2. The van der Waals surface area contributed by atoms with Crippen LogP contribution in [0.15, 0.2) is 12.2 Å². The Balaban J connectivity index is 1.26. The normalized spacial score (nSPS) is 48.1. The van der Waals surface area contributed by atoms with Gasteiger partial charge in [0.1, 0.15) is 0 Å². The molecule has 0 aromatic heterocycles. The third-order valence-corrected chi connectivity index (χ3v) is 11.2. The lowest BCUT2D eigenvalue weighted by Crippen LogP contribution is -2.59. The second-order valence-corrected chi connectivity index (χ2v) is 12.6. The molecule has 32 heavy (non-hydrogen) atoms. The van der Waals surface area contributed by atoms with Crippen molar-refractivity contribution in [1.82, 2.24) is 10.2 Å². The standard InChI is InChI=1S/C28H44N2O2/c1-18-5-7-19(8-6-18)26(32)29-17-20-9-11-22-21-10-12-24-28(3,16-14-25(31)30(24)4)23(21)13-15-27(20,22)2/h14,16,18-24H,5-13,15,17H2,1-4H3,(H,29,32)/t18?,19?,20?,21-,22-,23+,24?,27+,28+/m0/s1. The molecule has 4 aliphatic carbocycles. The second-order valence-electron chi connectivity index (χ2n) is 12.6. The number of fused-ring (bicyclic) bond motifs is 5. The molecule has 0 radical (unpaired) electrons. The van der Waals surface area contributed by atoms with Gasteiger partial charge in [-0.3, -0.25) is 9.59 Å². The van der Waals surface area contributed by atoms with Gasteiger partial charge in [-0.1, -0.05) is 26.8 Å². The minimum absolute atomic E-state index is 0.122. The SMILES string of the molecule is CC1CCC(C(=O)NCC2CC[C@H]3[C@@H]4CCC5N(C)C(=O)C=C[C@]5(C)[C@@H]4CC[C@]23C)CC1. The fourth-order valence-electron chi connectivity index (χ4n) is 9.07. The van der Waals surface area contributed by atoms with Gasteiger partial charge in [0, 0.05) is 31.0 Å². The Bertz CT molecular complexity index is 784. The lowest BCUT2D eigenvalue weighted by molar-refractivity contribution is -0.139. The van der Waals surface area contributed by atoms with Gasteiger partial charge in [0.2, 0.25) is 11.8 Å². The number of nitrogens with zero attached hydrogens (tertiary/aromatic N) is 1. The fourth-order valence-corrected chi connectivity index (χ4v) is 9.07. The summed E-state index contributed by atoms with van der Waals surface area (Å²) >= 11 is 0. The Labute approximate surface area is 195 Å². The molecule has 5 rings (SSSR count). The molecule has 2 unspecified atom stereocenters. The Morgan fingerprint density at radius 3 is 2.53 bits per heavy atom. The van der Waals surface area contributed by atoms with E-state index in [9.17, 15) is 9.59 Å². The van der Waals surface area contributed by atoms with E-state index in [1.165, 1.54) is 44.9 Å². The van der Waals surface area contributed by atoms with E-state index in [1.54, 1.807) is 0 Å². The van der Waals surface area contributed by atoms with Crippen molar-refractivity contribution in [3.05, 3.63) is 12.2 Å². The van der Waals surface area contributed by atoms with Gasteiger partial charge in [-0.05, 0) is 105 Å². The van der Waals surface area contributed by atoms with Gasteiger partial charge in [0.15, 0.2) is 0 Å². The van der Waals surface area contributed by atoms with Crippen molar-refractivity contribution in [2.24, 2.45) is 46.3 Å². The molecular weight excluding hydrogens is 396 g/mol. The van der Waals surface area contributed by atoms with Crippen molar-refractivity contribution in [2.75, 3.05) is 13.6 Å². The van der Waals surface area contributed by atoms with Crippen LogP contribution in [-0.4, -0.2) is 36.3 Å². The molecule has 0 aromatic carbocycles. The summed E-state index contributed by atoms with van der Waals surface area (Å²) in [6, 6.07) is 0.361. The maximum Gasteiger partial charge on any atom is 0.246 e. The average Bonchev–Trinajstić information content (AvgIpc) is 3.12. The number of likely N-dealkylation sites (N-methyl/N-ethyl adjacent to an activating group) is 1. The van der Waals surface area contributed by atoms with Crippen molar-refractivity contribution >= 4 is 11.8 Å². The molecule has 7 atom stereocenters. The maximum absolute atomic E-state index is 12.9. The highest BCUT2D eigenvalue weighted by molar-refractivity contribution is 5.89. The van der Waals surface area contributed by atoms with Gasteiger partial charge in [0.25, 0.3) is 0 Å². The summed E-state index contributed by atoms with van der Waals surface area (Å²) in [5, 5.41) is 3.41. The van der Waals surface area contributed by atoms with Crippen LogP contribution in [0, 0.1) is 46.3 Å². The van der Waals surface area contributed by atoms with Crippen LogP contribution < -0.4 is 5.32 Å². The van der Waals surface area contributed by atoms with Crippen LogP contribution in [0.5, 0.6) is 0 Å². The first-order valence-electron chi connectivity index (χ1n) is 13.5. The quantitative estimate of drug-likeness (QED) is 0.657. The lowest BCUT2D eigenvalue weighted by Gasteiger charge is -2.60. The largest absolute Gasteiger partial charge is 0.356 e. The number of amides is 2. The third-order valence-electron chi connectivity index (χ3n) is 11.2. The first-order chi connectivity index (χ1) is 15.2. The first-order valence-corrected chi connectivity index (χ1v) is 13.5. The molecule has 1 heterocycles. The van der Waals surface area contributed by atoms with Crippen molar-refractivity contribution in [3.8, 4) is 0 Å². The first kappa shape index (κ1) is 22.5. The smallest absolute Gasteiger partial charge is 0.246 e. The van der Waals surface area contributed by atoms with Gasteiger partial charge < -0.3 is 10.2 Å². The van der Waals surface area contributed by atoms with Crippen molar-refractivity contribution in [1.29, 1.82) is 0 Å². The molecule has 4 saturated carbocycles. The maximum atomic E-state index is 12.9. The van der Waals surface area contributed by atoms with E-state index >= 15 is 0 Å². The van der Waals surface area contributed by atoms with Gasteiger partial charge in [-0.2, -0.15) is 0 Å². The zero-order chi connectivity index (χ0) is 22.7.